The van der Waals surface area contributed by atoms with Gasteiger partial charge in [0.05, 0.1) is 17.7 Å². The van der Waals surface area contributed by atoms with Gasteiger partial charge in [-0.2, -0.15) is 0 Å². The number of carbonyl (C=O) groups excluding carboxylic acids is 1. The van der Waals surface area contributed by atoms with Gasteiger partial charge in [0, 0.05) is 12.7 Å². The molecule has 0 saturated carbocycles. The second kappa shape index (κ2) is 8.30. The molecule has 0 aliphatic carbocycles. The fourth-order valence-electron chi connectivity index (χ4n) is 2.28. The summed E-state index contributed by atoms with van der Waals surface area (Å²) in [6.07, 6.45) is 1.76. The van der Waals surface area contributed by atoms with Crippen LogP contribution in [-0.4, -0.2) is 24.6 Å². The summed E-state index contributed by atoms with van der Waals surface area (Å²) in [6, 6.07) is 14.9. The summed E-state index contributed by atoms with van der Waals surface area (Å²) in [5.41, 5.74) is 1.87. The zero-order chi connectivity index (χ0) is 17.5. The van der Waals surface area contributed by atoms with Crippen LogP contribution < -0.4 is 14.8 Å². The maximum absolute atomic E-state index is 12.0. The number of thiophene rings is 1. The Kier molecular flexibility index (Phi) is 5.64. The summed E-state index contributed by atoms with van der Waals surface area (Å²) in [6.45, 7) is 0.368. The Bertz CT molecular complexity index is 817. The normalized spacial score (nSPS) is 10.3. The number of ether oxygens (including phenoxy) is 2. The number of rotatable bonds is 7. The molecular weight excluding hydrogens is 336 g/mol. The van der Waals surface area contributed by atoms with Crippen LogP contribution in [0, 0.1) is 0 Å². The van der Waals surface area contributed by atoms with Gasteiger partial charge >= 0.3 is 0 Å². The molecule has 6 heteroatoms. The van der Waals surface area contributed by atoms with Crippen molar-refractivity contribution in [1.29, 1.82) is 0 Å². The largest absolute Gasteiger partial charge is 0.497 e. The number of hydrogen-bond donors (Lipinski definition) is 1. The minimum atomic E-state index is -0.184. The second-order valence-electron chi connectivity index (χ2n) is 5.23. The Hall–Kier alpha value is -2.86. The van der Waals surface area contributed by atoms with Gasteiger partial charge in [-0.1, -0.05) is 12.1 Å². The van der Waals surface area contributed by atoms with Crippen molar-refractivity contribution in [2.75, 3.05) is 13.7 Å². The molecule has 128 valence electrons. The van der Waals surface area contributed by atoms with Gasteiger partial charge in [0.2, 0.25) is 0 Å². The van der Waals surface area contributed by atoms with E-state index in [2.05, 4.69) is 10.3 Å². The molecule has 0 spiro atoms. The van der Waals surface area contributed by atoms with E-state index in [0.717, 1.165) is 21.9 Å². The molecule has 0 saturated heterocycles. The fourth-order valence-corrected chi connectivity index (χ4v) is 3.04. The maximum atomic E-state index is 12.0. The van der Waals surface area contributed by atoms with E-state index in [1.54, 1.807) is 48.9 Å². The lowest BCUT2D eigenvalue weighted by Gasteiger charge is -2.10. The van der Waals surface area contributed by atoms with Crippen molar-refractivity contribution in [3.63, 3.8) is 0 Å². The highest BCUT2D eigenvalue weighted by molar-refractivity contribution is 7.13. The monoisotopic (exact) mass is 354 g/mol. The van der Waals surface area contributed by atoms with Crippen molar-refractivity contribution >= 4 is 17.2 Å². The number of nitrogens with one attached hydrogen (secondary N) is 1. The van der Waals surface area contributed by atoms with Gasteiger partial charge < -0.3 is 14.8 Å². The Morgan fingerprint density at radius 2 is 1.92 bits per heavy atom. The van der Waals surface area contributed by atoms with Crippen LogP contribution in [0.5, 0.6) is 11.5 Å². The molecule has 0 unspecified atom stereocenters. The number of amides is 1. The van der Waals surface area contributed by atoms with Crippen molar-refractivity contribution in [3.05, 3.63) is 65.7 Å². The Labute approximate surface area is 150 Å². The van der Waals surface area contributed by atoms with E-state index in [4.69, 9.17) is 9.47 Å². The van der Waals surface area contributed by atoms with E-state index in [9.17, 15) is 4.79 Å². The quantitative estimate of drug-likeness (QED) is 0.705. The SMILES string of the molecule is COc1ccc(OCC(=O)NCc2cccnc2-c2cccs2)cc1. The molecular formula is C19H18N2O3S. The van der Waals surface area contributed by atoms with E-state index in [1.807, 2.05) is 29.6 Å². The van der Waals surface area contributed by atoms with Gasteiger partial charge in [0.25, 0.3) is 5.91 Å². The van der Waals surface area contributed by atoms with Crippen molar-refractivity contribution in [2.45, 2.75) is 6.54 Å². The average Bonchev–Trinajstić information content (AvgIpc) is 3.20. The summed E-state index contributed by atoms with van der Waals surface area (Å²) >= 11 is 1.62. The first kappa shape index (κ1) is 17.0. The zero-order valence-corrected chi connectivity index (χ0v) is 14.6. The lowest BCUT2D eigenvalue weighted by Crippen LogP contribution is -2.28. The summed E-state index contributed by atoms with van der Waals surface area (Å²) < 4.78 is 10.6. The first-order chi connectivity index (χ1) is 12.3. The van der Waals surface area contributed by atoms with E-state index in [0.29, 0.717) is 12.3 Å². The summed E-state index contributed by atoms with van der Waals surface area (Å²) in [7, 11) is 1.60. The minimum Gasteiger partial charge on any atom is -0.497 e. The first-order valence-corrected chi connectivity index (χ1v) is 8.65. The predicted molar refractivity (Wildman–Crippen MR) is 97.9 cm³/mol. The average molecular weight is 354 g/mol. The highest BCUT2D eigenvalue weighted by Gasteiger charge is 2.09. The molecule has 0 aliphatic rings. The number of aromatic nitrogens is 1. The lowest BCUT2D eigenvalue weighted by atomic mass is 10.1. The summed E-state index contributed by atoms with van der Waals surface area (Å²) in [5.74, 6) is 1.18. The first-order valence-electron chi connectivity index (χ1n) is 7.77. The summed E-state index contributed by atoms with van der Waals surface area (Å²) in [4.78, 5) is 17.5. The molecule has 1 aromatic carbocycles. The van der Waals surface area contributed by atoms with Gasteiger partial charge in [-0.05, 0) is 47.3 Å². The third-order valence-corrected chi connectivity index (χ3v) is 4.43. The molecule has 2 aromatic heterocycles. The van der Waals surface area contributed by atoms with Crippen LogP contribution in [0.3, 0.4) is 0 Å². The fraction of sp³-hybridized carbons (Fsp3) is 0.158. The maximum Gasteiger partial charge on any atom is 0.258 e. The molecule has 1 amide bonds. The Balaban J connectivity index is 1.54. The Morgan fingerprint density at radius 1 is 1.12 bits per heavy atom. The van der Waals surface area contributed by atoms with E-state index < -0.39 is 0 Å². The van der Waals surface area contributed by atoms with Gasteiger partial charge in [-0.3, -0.25) is 9.78 Å². The molecule has 0 bridgehead atoms. The van der Waals surface area contributed by atoms with Crippen LogP contribution in [0.25, 0.3) is 10.6 Å². The molecule has 2 heterocycles. The number of hydrogen-bond acceptors (Lipinski definition) is 5. The van der Waals surface area contributed by atoms with Crippen molar-refractivity contribution < 1.29 is 14.3 Å². The van der Waals surface area contributed by atoms with E-state index in [1.165, 1.54) is 0 Å². The van der Waals surface area contributed by atoms with E-state index >= 15 is 0 Å². The molecule has 3 rings (SSSR count). The molecule has 0 aliphatic heterocycles. The number of pyridine rings is 1. The highest BCUT2D eigenvalue weighted by Crippen LogP contribution is 2.25. The topological polar surface area (TPSA) is 60.5 Å². The minimum absolute atomic E-state index is 0.0407. The highest BCUT2D eigenvalue weighted by atomic mass is 32.1. The molecule has 0 fully saturated rings. The van der Waals surface area contributed by atoms with Crippen molar-refractivity contribution in [1.82, 2.24) is 10.3 Å². The van der Waals surface area contributed by atoms with Gasteiger partial charge in [0.1, 0.15) is 11.5 Å². The number of benzene rings is 1. The zero-order valence-electron chi connectivity index (χ0n) is 13.8. The van der Waals surface area contributed by atoms with E-state index in [-0.39, 0.29) is 12.5 Å². The molecule has 25 heavy (non-hydrogen) atoms. The lowest BCUT2D eigenvalue weighted by molar-refractivity contribution is -0.123. The van der Waals surface area contributed by atoms with Crippen LogP contribution in [0.1, 0.15) is 5.56 Å². The molecule has 3 aromatic rings. The number of methoxy groups -OCH3 is 1. The smallest absolute Gasteiger partial charge is 0.258 e. The second-order valence-corrected chi connectivity index (χ2v) is 6.18. The van der Waals surface area contributed by atoms with Crippen molar-refractivity contribution in [3.8, 4) is 22.1 Å². The van der Waals surface area contributed by atoms with Crippen LogP contribution in [0.15, 0.2) is 60.1 Å². The standard InChI is InChI=1S/C19H18N2O3S/c1-23-15-6-8-16(9-7-15)24-13-18(22)21-12-14-4-2-10-20-19(14)17-5-3-11-25-17/h2-11H,12-13H2,1H3,(H,21,22). The summed E-state index contributed by atoms with van der Waals surface area (Å²) in [5, 5.41) is 4.88. The molecule has 0 atom stereocenters. The van der Waals surface area contributed by atoms with Crippen molar-refractivity contribution in [2.24, 2.45) is 0 Å². The van der Waals surface area contributed by atoms with Crippen LogP contribution in [-0.2, 0) is 11.3 Å². The van der Waals surface area contributed by atoms with Gasteiger partial charge in [-0.15, -0.1) is 11.3 Å². The van der Waals surface area contributed by atoms with Gasteiger partial charge in [-0.25, -0.2) is 0 Å². The number of nitrogens with zero attached hydrogens (tertiary/aromatic N) is 1. The van der Waals surface area contributed by atoms with Gasteiger partial charge in [0.15, 0.2) is 6.61 Å². The molecule has 5 nitrogen and oxygen atoms in total. The molecule has 1 N–H and O–H groups in total. The third-order valence-electron chi connectivity index (χ3n) is 3.55. The third kappa shape index (κ3) is 4.58. The van der Waals surface area contributed by atoms with Crippen LogP contribution in [0.4, 0.5) is 0 Å². The predicted octanol–water partition coefficient (Wildman–Crippen LogP) is 3.51. The van der Waals surface area contributed by atoms with Crippen LogP contribution >= 0.6 is 11.3 Å². The molecule has 0 radical (unpaired) electrons. The number of carbonyl (C=O) groups is 1. The Morgan fingerprint density at radius 3 is 2.64 bits per heavy atom. The van der Waals surface area contributed by atoms with Crippen LogP contribution in [0.2, 0.25) is 0 Å².